The predicted molar refractivity (Wildman–Crippen MR) is 111 cm³/mol. The fourth-order valence-corrected chi connectivity index (χ4v) is 3.16. The Morgan fingerprint density at radius 2 is 1.87 bits per heavy atom. The molecule has 0 aliphatic carbocycles. The van der Waals surface area contributed by atoms with Crippen molar-refractivity contribution >= 4 is 28.8 Å². The van der Waals surface area contributed by atoms with Crippen LogP contribution < -0.4 is 5.32 Å². The number of nitrogens with one attached hydrogen (secondary N) is 1. The zero-order valence-electron chi connectivity index (χ0n) is 17.2. The molecule has 1 amide bonds. The van der Waals surface area contributed by atoms with E-state index in [4.69, 9.17) is 13.8 Å². The summed E-state index contributed by atoms with van der Waals surface area (Å²) in [5.41, 5.74) is 2.29. The summed E-state index contributed by atoms with van der Waals surface area (Å²) in [6.45, 7) is 5.16. The van der Waals surface area contributed by atoms with E-state index in [-0.39, 0.29) is 23.5 Å². The van der Waals surface area contributed by atoms with Gasteiger partial charge in [0.2, 0.25) is 0 Å². The molecule has 158 valence electrons. The third kappa shape index (κ3) is 4.16. The highest BCUT2D eigenvalue weighted by molar-refractivity contribution is 6.05. The molecule has 1 unspecified atom stereocenters. The maximum atomic E-state index is 13.1. The largest absolute Gasteiger partial charge is 0.449 e. The van der Waals surface area contributed by atoms with Crippen molar-refractivity contribution in [3.05, 3.63) is 59.5 Å². The average Bonchev–Trinajstić information content (AvgIpc) is 3.36. The van der Waals surface area contributed by atoms with Gasteiger partial charge in [-0.2, -0.15) is 0 Å². The second-order valence-electron chi connectivity index (χ2n) is 6.98. The normalized spacial score (nSPS) is 12.0. The van der Waals surface area contributed by atoms with E-state index >= 15 is 0 Å². The summed E-state index contributed by atoms with van der Waals surface area (Å²) >= 11 is 0. The second-order valence-corrected chi connectivity index (χ2v) is 6.98. The smallest absolute Gasteiger partial charge is 0.339 e. The molecule has 3 aromatic heterocycles. The quantitative estimate of drug-likeness (QED) is 0.464. The van der Waals surface area contributed by atoms with Crippen LogP contribution in [0.15, 0.2) is 51.5 Å². The Labute approximate surface area is 177 Å². The number of benzene rings is 1. The zero-order valence-corrected chi connectivity index (χ0v) is 17.2. The highest BCUT2D eigenvalue weighted by Crippen LogP contribution is 2.28. The van der Waals surface area contributed by atoms with Crippen LogP contribution in [-0.4, -0.2) is 33.3 Å². The van der Waals surface area contributed by atoms with Crippen molar-refractivity contribution in [3.63, 3.8) is 0 Å². The minimum Gasteiger partial charge on any atom is -0.449 e. The van der Waals surface area contributed by atoms with Crippen LogP contribution in [0.3, 0.4) is 0 Å². The van der Waals surface area contributed by atoms with Gasteiger partial charge in [0.25, 0.3) is 11.6 Å². The summed E-state index contributed by atoms with van der Waals surface area (Å²) in [6, 6.07) is 12.6. The Morgan fingerprint density at radius 3 is 2.55 bits per heavy atom. The minimum absolute atomic E-state index is 0.223. The summed E-state index contributed by atoms with van der Waals surface area (Å²) in [5, 5.41) is 10.7. The number of rotatable bonds is 6. The first-order chi connectivity index (χ1) is 15.0. The van der Waals surface area contributed by atoms with Gasteiger partial charge in [-0.05, 0) is 26.3 Å². The maximum Gasteiger partial charge on any atom is 0.339 e. The zero-order chi connectivity index (χ0) is 22.0. The van der Waals surface area contributed by atoms with E-state index < -0.39 is 18.0 Å². The number of pyridine rings is 1. The van der Waals surface area contributed by atoms with E-state index in [0.29, 0.717) is 22.5 Å². The Morgan fingerprint density at radius 1 is 1.10 bits per heavy atom. The SMILES string of the molecule is CCC(OC(=O)c1cc(-c2ccccc2)nc2onc(C)c12)C(=O)Nc1cc(C)on1. The molecule has 0 saturated heterocycles. The predicted octanol–water partition coefficient (Wildman–Crippen LogP) is 4.07. The first-order valence-corrected chi connectivity index (χ1v) is 9.74. The lowest BCUT2D eigenvalue weighted by molar-refractivity contribution is -0.124. The van der Waals surface area contributed by atoms with Crippen LogP contribution in [-0.2, 0) is 9.53 Å². The molecule has 0 aliphatic heterocycles. The number of esters is 1. The Kier molecular flexibility index (Phi) is 5.48. The monoisotopic (exact) mass is 420 g/mol. The van der Waals surface area contributed by atoms with Crippen molar-refractivity contribution in [2.24, 2.45) is 0 Å². The first-order valence-electron chi connectivity index (χ1n) is 9.74. The number of fused-ring (bicyclic) bond motifs is 1. The van der Waals surface area contributed by atoms with Crippen LogP contribution in [0.2, 0.25) is 0 Å². The molecule has 1 aromatic carbocycles. The number of aryl methyl sites for hydroxylation is 2. The van der Waals surface area contributed by atoms with Crippen LogP contribution in [0.25, 0.3) is 22.4 Å². The summed E-state index contributed by atoms with van der Waals surface area (Å²) in [7, 11) is 0. The molecule has 0 bridgehead atoms. The average molecular weight is 420 g/mol. The molecule has 0 saturated carbocycles. The number of anilines is 1. The van der Waals surface area contributed by atoms with Gasteiger partial charge in [-0.15, -0.1) is 0 Å². The first kappa shape index (κ1) is 20.3. The van der Waals surface area contributed by atoms with E-state index in [1.165, 1.54) is 0 Å². The highest BCUT2D eigenvalue weighted by Gasteiger charge is 2.26. The van der Waals surface area contributed by atoms with E-state index in [1.54, 1.807) is 32.9 Å². The van der Waals surface area contributed by atoms with Gasteiger partial charge in [0.15, 0.2) is 11.9 Å². The van der Waals surface area contributed by atoms with Gasteiger partial charge < -0.3 is 19.1 Å². The standard InChI is InChI=1S/C22H20N4O5/c1-4-17(20(27)24-18-10-12(2)30-26-18)29-22(28)15-11-16(14-8-6-5-7-9-14)23-21-19(15)13(3)25-31-21/h5-11,17H,4H2,1-3H3,(H,24,26,27). The Bertz CT molecular complexity index is 1250. The van der Waals surface area contributed by atoms with Gasteiger partial charge in [0.1, 0.15) is 5.76 Å². The van der Waals surface area contributed by atoms with E-state index in [0.717, 1.165) is 5.56 Å². The van der Waals surface area contributed by atoms with Crippen molar-refractivity contribution in [1.82, 2.24) is 15.3 Å². The molecule has 4 rings (SSSR count). The Hall–Kier alpha value is -4.01. The van der Waals surface area contributed by atoms with E-state index in [2.05, 4.69) is 20.6 Å². The lowest BCUT2D eigenvalue weighted by atomic mass is 10.1. The maximum absolute atomic E-state index is 13.1. The third-order valence-corrected chi connectivity index (χ3v) is 4.70. The number of ether oxygens (including phenoxy) is 1. The van der Waals surface area contributed by atoms with Gasteiger partial charge in [-0.1, -0.05) is 47.6 Å². The molecule has 0 aliphatic rings. The fraction of sp³-hybridized carbons (Fsp3) is 0.227. The molecule has 3 heterocycles. The van der Waals surface area contributed by atoms with Crippen LogP contribution in [0.5, 0.6) is 0 Å². The van der Waals surface area contributed by atoms with Crippen molar-refractivity contribution in [2.75, 3.05) is 5.32 Å². The molecule has 9 heteroatoms. The molecular formula is C22H20N4O5. The lowest BCUT2D eigenvalue weighted by Gasteiger charge is -2.15. The van der Waals surface area contributed by atoms with Gasteiger partial charge in [-0.3, -0.25) is 4.79 Å². The van der Waals surface area contributed by atoms with E-state index in [1.807, 2.05) is 30.3 Å². The number of carbonyl (C=O) groups excluding carboxylic acids is 2. The van der Waals surface area contributed by atoms with Crippen molar-refractivity contribution in [3.8, 4) is 11.3 Å². The molecular weight excluding hydrogens is 400 g/mol. The highest BCUT2D eigenvalue weighted by atomic mass is 16.5. The number of hydrogen-bond donors (Lipinski definition) is 1. The number of hydrogen-bond acceptors (Lipinski definition) is 8. The molecule has 0 spiro atoms. The molecule has 9 nitrogen and oxygen atoms in total. The van der Waals surface area contributed by atoms with Crippen molar-refractivity contribution in [1.29, 1.82) is 0 Å². The molecule has 0 radical (unpaired) electrons. The molecule has 4 aromatic rings. The second kappa shape index (κ2) is 8.39. The van der Waals surface area contributed by atoms with Crippen LogP contribution in [0.1, 0.15) is 35.2 Å². The van der Waals surface area contributed by atoms with Crippen molar-refractivity contribution < 1.29 is 23.4 Å². The summed E-state index contributed by atoms with van der Waals surface area (Å²) < 4.78 is 15.8. The summed E-state index contributed by atoms with van der Waals surface area (Å²) in [4.78, 5) is 30.1. The molecule has 1 atom stereocenters. The topological polar surface area (TPSA) is 120 Å². The number of amides is 1. The summed E-state index contributed by atoms with van der Waals surface area (Å²) in [6.07, 6.45) is -0.746. The lowest BCUT2D eigenvalue weighted by Crippen LogP contribution is -2.32. The van der Waals surface area contributed by atoms with Crippen LogP contribution >= 0.6 is 0 Å². The summed E-state index contributed by atoms with van der Waals surface area (Å²) in [5.74, 6) is -0.366. The minimum atomic E-state index is -1.02. The van der Waals surface area contributed by atoms with E-state index in [9.17, 15) is 9.59 Å². The fourth-order valence-electron chi connectivity index (χ4n) is 3.16. The van der Waals surface area contributed by atoms with Crippen LogP contribution in [0.4, 0.5) is 5.82 Å². The van der Waals surface area contributed by atoms with Crippen molar-refractivity contribution in [2.45, 2.75) is 33.3 Å². The third-order valence-electron chi connectivity index (χ3n) is 4.70. The number of aromatic nitrogens is 3. The van der Waals surface area contributed by atoms with Gasteiger partial charge in [-0.25, -0.2) is 9.78 Å². The van der Waals surface area contributed by atoms with Gasteiger partial charge in [0, 0.05) is 11.6 Å². The molecule has 1 N–H and O–H groups in total. The van der Waals surface area contributed by atoms with Gasteiger partial charge in [0.05, 0.1) is 22.3 Å². The van der Waals surface area contributed by atoms with Crippen LogP contribution in [0, 0.1) is 13.8 Å². The molecule has 0 fully saturated rings. The van der Waals surface area contributed by atoms with Gasteiger partial charge >= 0.3 is 5.97 Å². The Balaban J connectivity index is 1.64. The number of carbonyl (C=O) groups is 2. The molecule has 31 heavy (non-hydrogen) atoms. The number of nitrogens with zero attached hydrogens (tertiary/aromatic N) is 3.